The first-order valence-corrected chi connectivity index (χ1v) is 9.31. The number of benzene rings is 1. The SMILES string of the molecule is CCC(=O)O.Cc1cnc2n1-c1ccc(Br)cc1C(c1ccccn1)=NC2. The second-order valence-electron chi connectivity index (χ2n) is 5.94. The number of rotatable bonds is 2. The average Bonchev–Trinajstić information content (AvgIpc) is 2.95. The Labute approximate surface area is 165 Å². The van der Waals surface area contributed by atoms with Crippen LogP contribution in [0.1, 0.15) is 36.1 Å². The van der Waals surface area contributed by atoms with E-state index >= 15 is 0 Å². The Morgan fingerprint density at radius 2 is 2.04 bits per heavy atom. The monoisotopic (exact) mass is 426 g/mol. The Hall–Kier alpha value is -2.80. The number of aryl methyl sites for hydroxylation is 1. The summed E-state index contributed by atoms with van der Waals surface area (Å²) in [6.45, 7) is 4.21. The summed E-state index contributed by atoms with van der Waals surface area (Å²) < 4.78 is 3.19. The maximum atomic E-state index is 9.37. The van der Waals surface area contributed by atoms with Gasteiger partial charge in [0.25, 0.3) is 0 Å². The van der Waals surface area contributed by atoms with Crippen molar-refractivity contribution in [3.8, 4) is 5.69 Å². The van der Waals surface area contributed by atoms with E-state index in [1.807, 2.05) is 30.5 Å². The van der Waals surface area contributed by atoms with Gasteiger partial charge in [0.15, 0.2) is 0 Å². The van der Waals surface area contributed by atoms with Gasteiger partial charge in [-0.2, -0.15) is 0 Å². The third-order valence-corrected chi connectivity index (χ3v) is 4.55. The standard InChI is InChI=1S/C17H13BrN4.C3H6O2/c1-11-9-20-16-10-21-17(14-4-2-3-7-19-14)13-8-12(18)5-6-15(13)22(11)16;1-2-3(4)5/h2-9H,10H2,1H3;2H2,1H3,(H,4,5). The highest BCUT2D eigenvalue weighted by Gasteiger charge is 2.21. The average molecular weight is 427 g/mol. The van der Waals surface area contributed by atoms with Gasteiger partial charge in [0, 0.05) is 34.5 Å². The molecular formula is C20H19BrN4O2. The van der Waals surface area contributed by atoms with Crippen molar-refractivity contribution in [1.29, 1.82) is 0 Å². The predicted octanol–water partition coefficient (Wildman–Crippen LogP) is 4.17. The Bertz CT molecular complexity index is 996. The van der Waals surface area contributed by atoms with E-state index in [4.69, 9.17) is 10.1 Å². The van der Waals surface area contributed by atoms with E-state index in [1.54, 1.807) is 13.1 Å². The number of halogens is 1. The van der Waals surface area contributed by atoms with Crippen LogP contribution in [-0.2, 0) is 11.3 Å². The van der Waals surface area contributed by atoms with Crippen molar-refractivity contribution in [2.45, 2.75) is 26.8 Å². The fourth-order valence-corrected chi connectivity index (χ4v) is 3.14. The highest BCUT2D eigenvalue weighted by Crippen LogP contribution is 2.28. The lowest BCUT2D eigenvalue weighted by Gasteiger charge is -2.13. The first kappa shape index (κ1) is 19.0. The van der Waals surface area contributed by atoms with Gasteiger partial charge in [-0.1, -0.05) is 28.9 Å². The summed E-state index contributed by atoms with van der Waals surface area (Å²) in [6.07, 6.45) is 3.91. The predicted molar refractivity (Wildman–Crippen MR) is 108 cm³/mol. The van der Waals surface area contributed by atoms with Crippen molar-refractivity contribution in [2.75, 3.05) is 0 Å². The summed E-state index contributed by atoms with van der Waals surface area (Å²) in [5.74, 6) is 0.206. The van der Waals surface area contributed by atoms with E-state index < -0.39 is 5.97 Å². The molecule has 1 aromatic carbocycles. The molecule has 6 nitrogen and oxygen atoms in total. The molecule has 0 unspecified atom stereocenters. The third kappa shape index (κ3) is 4.14. The van der Waals surface area contributed by atoms with E-state index in [0.717, 1.165) is 38.6 Å². The number of hydrogen-bond donors (Lipinski definition) is 1. The van der Waals surface area contributed by atoms with Gasteiger partial charge in [-0.05, 0) is 37.3 Å². The van der Waals surface area contributed by atoms with Crippen LogP contribution in [0.2, 0.25) is 0 Å². The summed E-state index contributed by atoms with van der Waals surface area (Å²) in [4.78, 5) is 23.1. The molecule has 0 fully saturated rings. The molecule has 3 aromatic rings. The smallest absolute Gasteiger partial charge is 0.303 e. The zero-order chi connectivity index (χ0) is 19.4. The van der Waals surface area contributed by atoms with Crippen molar-refractivity contribution in [3.63, 3.8) is 0 Å². The van der Waals surface area contributed by atoms with Gasteiger partial charge in [0.2, 0.25) is 0 Å². The highest BCUT2D eigenvalue weighted by molar-refractivity contribution is 9.10. The number of imidazole rings is 1. The van der Waals surface area contributed by atoms with Crippen molar-refractivity contribution in [2.24, 2.45) is 4.99 Å². The Morgan fingerprint density at radius 3 is 2.70 bits per heavy atom. The van der Waals surface area contributed by atoms with E-state index in [0.29, 0.717) is 6.54 Å². The lowest BCUT2D eigenvalue weighted by atomic mass is 10.0. The summed E-state index contributed by atoms with van der Waals surface area (Å²) in [6, 6.07) is 12.1. The molecule has 1 aliphatic heterocycles. The van der Waals surface area contributed by atoms with E-state index in [2.05, 4.69) is 49.5 Å². The third-order valence-electron chi connectivity index (χ3n) is 4.05. The quantitative estimate of drug-likeness (QED) is 0.666. The number of aliphatic carboxylic acids is 1. The molecule has 0 radical (unpaired) electrons. The zero-order valence-electron chi connectivity index (χ0n) is 15.1. The van der Waals surface area contributed by atoms with E-state index in [-0.39, 0.29) is 6.42 Å². The topological polar surface area (TPSA) is 80.4 Å². The largest absolute Gasteiger partial charge is 0.481 e. The number of fused-ring (bicyclic) bond motifs is 3. The number of nitrogens with zero attached hydrogens (tertiary/aromatic N) is 4. The van der Waals surface area contributed by atoms with Crippen LogP contribution in [0.3, 0.4) is 0 Å². The second-order valence-corrected chi connectivity index (χ2v) is 6.86. The molecule has 4 rings (SSSR count). The highest BCUT2D eigenvalue weighted by atomic mass is 79.9. The van der Waals surface area contributed by atoms with Crippen LogP contribution in [0.15, 0.2) is 58.3 Å². The molecule has 0 atom stereocenters. The summed E-state index contributed by atoms with van der Waals surface area (Å²) in [5, 5.41) is 7.72. The molecule has 1 aliphatic rings. The van der Waals surface area contributed by atoms with Crippen LogP contribution in [0.5, 0.6) is 0 Å². The summed E-state index contributed by atoms with van der Waals surface area (Å²) in [5.41, 5.74) is 5.05. The minimum atomic E-state index is -0.745. The molecule has 0 bridgehead atoms. The molecule has 0 amide bonds. The molecule has 0 saturated carbocycles. The molecule has 0 aliphatic carbocycles. The number of carbonyl (C=O) groups is 1. The van der Waals surface area contributed by atoms with Crippen molar-refractivity contribution in [1.82, 2.24) is 14.5 Å². The Kier molecular flexibility index (Phi) is 5.81. The maximum absolute atomic E-state index is 9.37. The van der Waals surface area contributed by atoms with Gasteiger partial charge in [-0.15, -0.1) is 0 Å². The first-order chi connectivity index (χ1) is 13.0. The number of pyridine rings is 1. The molecule has 3 heterocycles. The molecule has 0 saturated heterocycles. The molecule has 27 heavy (non-hydrogen) atoms. The zero-order valence-corrected chi connectivity index (χ0v) is 16.6. The lowest BCUT2D eigenvalue weighted by Crippen LogP contribution is -2.09. The van der Waals surface area contributed by atoms with Gasteiger partial charge in [-0.25, -0.2) is 4.98 Å². The summed E-state index contributed by atoms with van der Waals surface area (Å²) >= 11 is 3.56. The van der Waals surface area contributed by atoms with Gasteiger partial charge in [0.1, 0.15) is 5.82 Å². The lowest BCUT2D eigenvalue weighted by molar-refractivity contribution is -0.136. The van der Waals surface area contributed by atoms with Gasteiger partial charge >= 0.3 is 5.97 Å². The van der Waals surface area contributed by atoms with Crippen LogP contribution < -0.4 is 0 Å². The molecule has 2 aromatic heterocycles. The van der Waals surface area contributed by atoms with Gasteiger partial charge < -0.3 is 5.11 Å². The van der Waals surface area contributed by atoms with Crippen molar-refractivity contribution < 1.29 is 9.90 Å². The number of carboxylic acid groups (broad SMARTS) is 1. The van der Waals surface area contributed by atoms with Crippen molar-refractivity contribution >= 4 is 27.6 Å². The number of hydrogen-bond acceptors (Lipinski definition) is 4. The summed E-state index contributed by atoms with van der Waals surface area (Å²) in [7, 11) is 0. The number of aliphatic imine (C=N–C) groups is 1. The normalized spacial score (nSPS) is 12.0. The van der Waals surface area contributed by atoms with Crippen LogP contribution >= 0.6 is 15.9 Å². The van der Waals surface area contributed by atoms with Crippen LogP contribution in [-0.4, -0.2) is 31.3 Å². The van der Waals surface area contributed by atoms with Crippen LogP contribution in [0, 0.1) is 6.92 Å². The Balaban J connectivity index is 0.000000376. The second kappa shape index (κ2) is 8.26. The molecule has 7 heteroatoms. The van der Waals surface area contributed by atoms with Crippen LogP contribution in [0.4, 0.5) is 0 Å². The molecule has 1 N–H and O–H groups in total. The van der Waals surface area contributed by atoms with Crippen LogP contribution in [0.25, 0.3) is 5.69 Å². The minimum absolute atomic E-state index is 0.222. The Morgan fingerprint density at radius 1 is 1.26 bits per heavy atom. The van der Waals surface area contributed by atoms with E-state index in [9.17, 15) is 4.79 Å². The fraction of sp³-hybridized carbons (Fsp3) is 0.200. The molecule has 0 spiro atoms. The van der Waals surface area contributed by atoms with Gasteiger partial charge in [0.05, 0.1) is 23.6 Å². The van der Waals surface area contributed by atoms with Crippen molar-refractivity contribution in [3.05, 3.63) is 76.0 Å². The van der Waals surface area contributed by atoms with E-state index in [1.165, 1.54) is 0 Å². The van der Waals surface area contributed by atoms with Gasteiger partial charge in [-0.3, -0.25) is 19.3 Å². The minimum Gasteiger partial charge on any atom is -0.481 e. The molecular weight excluding hydrogens is 408 g/mol. The fourth-order valence-electron chi connectivity index (χ4n) is 2.78. The number of aromatic nitrogens is 3. The molecule has 138 valence electrons. The number of carboxylic acids is 1. The first-order valence-electron chi connectivity index (χ1n) is 8.52. The maximum Gasteiger partial charge on any atom is 0.303 e.